The second kappa shape index (κ2) is 5.74. The standard InChI is InChI=1S/C14H16ClNOS/c1-9(2)17-11-6-4-3-5-10(11)14(16)12-7-8-13(15)18-12/h3-9,14H,16H2,1-2H3. The zero-order chi connectivity index (χ0) is 13.1. The molecule has 18 heavy (non-hydrogen) atoms. The third-order valence-electron chi connectivity index (χ3n) is 2.52. The molecular weight excluding hydrogens is 266 g/mol. The van der Waals surface area contributed by atoms with Gasteiger partial charge in [-0.1, -0.05) is 29.8 Å². The Morgan fingerprint density at radius 1 is 1.17 bits per heavy atom. The molecule has 0 saturated carbocycles. The summed E-state index contributed by atoms with van der Waals surface area (Å²) in [5, 5.41) is 0. The number of benzene rings is 1. The molecule has 2 rings (SSSR count). The van der Waals surface area contributed by atoms with Crippen LogP contribution in [-0.2, 0) is 0 Å². The van der Waals surface area contributed by atoms with Gasteiger partial charge >= 0.3 is 0 Å². The van der Waals surface area contributed by atoms with Crippen molar-refractivity contribution in [3.05, 3.63) is 51.2 Å². The van der Waals surface area contributed by atoms with Crippen molar-refractivity contribution in [2.24, 2.45) is 5.73 Å². The van der Waals surface area contributed by atoms with Gasteiger partial charge in [0.2, 0.25) is 0 Å². The Morgan fingerprint density at radius 2 is 1.89 bits per heavy atom. The second-order valence-electron chi connectivity index (χ2n) is 4.32. The zero-order valence-electron chi connectivity index (χ0n) is 10.4. The summed E-state index contributed by atoms with van der Waals surface area (Å²) in [6.45, 7) is 4.01. The average molecular weight is 282 g/mol. The molecule has 0 radical (unpaired) electrons. The molecule has 0 aliphatic carbocycles. The quantitative estimate of drug-likeness (QED) is 0.910. The second-order valence-corrected chi connectivity index (χ2v) is 6.07. The fraction of sp³-hybridized carbons (Fsp3) is 0.286. The maximum absolute atomic E-state index is 6.28. The fourth-order valence-corrected chi connectivity index (χ4v) is 2.83. The van der Waals surface area contributed by atoms with Crippen LogP contribution < -0.4 is 10.5 Å². The van der Waals surface area contributed by atoms with Crippen molar-refractivity contribution < 1.29 is 4.74 Å². The largest absolute Gasteiger partial charge is 0.491 e. The molecule has 4 heteroatoms. The zero-order valence-corrected chi connectivity index (χ0v) is 12.0. The molecule has 0 saturated heterocycles. The van der Waals surface area contributed by atoms with E-state index in [1.165, 1.54) is 11.3 Å². The highest BCUT2D eigenvalue weighted by atomic mass is 35.5. The molecule has 0 aliphatic heterocycles. The van der Waals surface area contributed by atoms with E-state index in [1.54, 1.807) is 0 Å². The average Bonchev–Trinajstić information content (AvgIpc) is 2.75. The maximum Gasteiger partial charge on any atom is 0.124 e. The maximum atomic E-state index is 6.28. The number of para-hydroxylation sites is 1. The van der Waals surface area contributed by atoms with E-state index >= 15 is 0 Å². The normalized spacial score (nSPS) is 12.7. The third kappa shape index (κ3) is 3.05. The summed E-state index contributed by atoms with van der Waals surface area (Å²) in [5.41, 5.74) is 7.27. The number of hydrogen-bond donors (Lipinski definition) is 1. The van der Waals surface area contributed by atoms with Crippen LogP contribution in [0.3, 0.4) is 0 Å². The van der Waals surface area contributed by atoms with Gasteiger partial charge in [0, 0.05) is 10.4 Å². The summed E-state index contributed by atoms with van der Waals surface area (Å²) in [6.07, 6.45) is 0.130. The summed E-state index contributed by atoms with van der Waals surface area (Å²) in [7, 11) is 0. The topological polar surface area (TPSA) is 35.2 Å². The van der Waals surface area contributed by atoms with Crippen molar-refractivity contribution in [3.63, 3.8) is 0 Å². The molecule has 0 bridgehead atoms. The number of hydrogen-bond acceptors (Lipinski definition) is 3. The number of ether oxygens (including phenoxy) is 1. The lowest BCUT2D eigenvalue weighted by Crippen LogP contribution is -2.14. The van der Waals surface area contributed by atoms with Crippen LogP contribution in [0.4, 0.5) is 0 Å². The first-order chi connectivity index (χ1) is 8.58. The molecule has 96 valence electrons. The summed E-state index contributed by atoms with van der Waals surface area (Å²) >= 11 is 7.45. The van der Waals surface area contributed by atoms with Crippen LogP contribution in [0.25, 0.3) is 0 Å². The Bertz CT molecular complexity index is 524. The molecule has 1 atom stereocenters. The lowest BCUT2D eigenvalue weighted by atomic mass is 10.1. The van der Waals surface area contributed by atoms with Crippen LogP contribution in [0.1, 0.15) is 30.3 Å². The molecule has 0 amide bonds. The van der Waals surface area contributed by atoms with Crippen LogP contribution in [0.2, 0.25) is 4.34 Å². The summed E-state index contributed by atoms with van der Waals surface area (Å²) in [5.74, 6) is 0.838. The van der Waals surface area contributed by atoms with E-state index < -0.39 is 0 Å². The first-order valence-corrected chi connectivity index (χ1v) is 7.03. The summed E-state index contributed by atoms with van der Waals surface area (Å²) in [6, 6.07) is 11.5. The fourth-order valence-electron chi connectivity index (χ4n) is 1.75. The lowest BCUT2D eigenvalue weighted by Gasteiger charge is -2.17. The minimum Gasteiger partial charge on any atom is -0.491 e. The molecule has 0 spiro atoms. The van der Waals surface area contributed by atoms with E-state index in [-0.39, 0.29) is 12.1 Å². The molecule has 2 N–H and O–H groups in total. The van der Waals surface area contributed by atoms with Crippen molar-refractivity contribution in [3.8, 4) is 5.75 Å². The van der Waals surface area contributed by atoms with Crippen molar-refractivity contribution >= 4 is 22.9 Å². The van der Waals surface area contributed by atoms with E-state index in [9.17, 15) is 0 Å². The SMILES string of the molecule is CC(C)Oc1ccccc1C(N)c1ccc(Cl)s1. The molecule has 0 fully saturated rings. The van der Waals surface area contributed by atoms with Crippen molar-refractivity contribution in [2.45, 2.75) is 26.0 Å². The number of rotatable bonds is 4. The highest BCUT2D eigenvalue weighted by Gasteiger charge is 2.16. The minimum absolute atomic E-state index is 0.130. The molecule has 0 aliphatic rings. The van der Waals surface area contributed by atoms with Gasteiger partial charge in [0.25, 0.3) is 0 Å². The van der Waals surface area contributed by atoms with E-state index in [4.69, 9.17) is 22.1 Å². The molecule has 1 aromatic carbocycles. The molecule has 2 nitrogen and oxygen atoms in total. The highest BCUT2D eigenvalue weighted by molar-refractivity contribution is 7.16. The molecule has 1 unspecified atom stereocenters. The van der Waals surface area contributed by atoms with Gasteiger partial charge < -0.3 is 10.5 Å². The number of thiophene rings is 1. The first kappa shape index (κ1) is 13.4. The van der Waals surface area contributed by atoms with Gasteiger partial charge in [-0.3, -0.25) is 0 Å². The van der Waals surface area contributed by atoms with E-state index in [2.05, 4.69) is 0 Å². The van der Waals surface area contributed by atoms with Crippen LogP contribution in [0, 0.1) is 0 Å². The minimum atomic E-state index is -0.197. The predicted molar refractivity (Wildman–Crippen MR) is 77.6 cm³/mol. The van der Waals surface area contributed by atoms with E-state index in [0.717, 1.165) is 20.5 Å². The van der Waals surface area contributed by atoms with Gasteiger partial charge in [-0.15, -0.1) is 11.3 Å². The first-order valence-electron chi connectivity index (χ1n) is 5.84. The van der Waals surface area contributed by atoms with Crippen molar-refractivity contribution in [1.82, 2.24) is 0 Å². The van der Waals surface area contributed by atoms with Crippen LogP contribution in [0.5, 0.6) is 5.75 Å². The Kier molecular flexibility index (Phi) is 4.27. The molecule has 1 aromatic heterocycles. The van der Waals surface area contributed by atoms with Crippen LogP contribution in [-0.4, -0.2) is 6.10 Å². The van der Waals surface area contributed by atoms with Crippen LogP contribution >= 0.6 is 22.9 Å². The van der Waals surface area contributed by atoms with Gasteiger partial charge in [0.15, 0.2) is 0 Å². The Morgan fingerprint density at radius 3 is 2.50 bits per heavy atom. The van der Waals surface area contributed by atoms with Crippen molar-refractivity contribution in [2.75, 3.05) is 0 Å². The van der Waals surface area contributed by atoms with Gasteiger partial charge in [-0.25, -0.2) is 0 Å². The Hall–Kier alpha value is -1.03. The van der Waals surface area contributed by atoms with E-state index in [0.29, 0.717) is 0 Å². The third-order valence-corrected chi connectivity index (χ3v) is 3.83. The predicted octanol–water partition coefficient (Wildman–Crippen LogP) is 4.24. The Labute approximate surface area is 116 Å². The number of halogens is 1. The molecular formula is C14H16ClNOS. The Balaban J connectivity index is 2.32. The number of nitrogens with two attached hydrogens (primary N) is 1. The monoisotopic (exact) mass is 281 g/mol. The van der Waals surface area contributed by atoms with Crippen LogP contribution in [0.15, 0.2) is 36.4 Å². The van der Waals surface area contributed by atoms with Gasteiger partial charge in [-0.2, -0.15) is 0 Å². The lowest BCUT2D eigenvalue weighted by molar-refractivity contribution is 0.239. The highest BCUT2D eigenvalue weighted by Crippen LogP contribution is 2.33. The summed E-state index contributed by atoms with van der Waals surface area (Å²) in [4.78, 5) is 1.04. The van der Waals surface area contributed by atoms with Crippen molar-refractivity contribution in [1.29, 1.82) is 0 Å². The molecule has 2 aromatic rings. The smallest absolute Gasteiger partial charge is 0.124 e. The van der Waals surface area contributed by atoms with Gasteiger partial charge in [0.05, 0.1) is 16.5 Å². The molecule has 1 heterocycles. The van der Waals surface area contributed by atoms with E-state index in [1.807, 2.05) is 50.2 Å². The summed E-state index contributed by atoms with van der Waals surface area (Å²) < 4.78 is 6.54. The van der Waals surface area contributed by atoms with Gasteiger partial charge in [-0.05, 0) is 32.0 Å². The van der Waals surface area contributed by atoms with Gasteiger partial charge in [0.1, 0.15) is 5.75 Å².